The first-order valence-corrected chi connectivity index (χ1v) is 10.5. The number of carbonyl (C=O) groups is 2. The van der Waals surface area contributed by atoms with Crippen LogP contribution in [0.15, 0.2) is 48.5 Å². The molecule has 1 atom stereocenters. The Morgan fingerprint density at radius 2 is 1.73 bits per heavy atom. The molecule has 9 heteroatoms. The van der Waals surface area contributed by atoms with Crippen LogP contribution >= 0.6 is 0 Å². The number of para-hydroxylation sites is 1. The Morgan fingerprint density at radius 1 is 1.06 bits per heavy atom. The zero-order valence-electron chi connectivity index (χ0n) is 19.5. The second kappa shape index (κ2) is 12.1. The van der Waals surface area contributed by atoms with Gasteiger partial charge in [0, 0.05) is 30.1 Å². The third-order valence-electron chi connectivity index (χ3n) is 4.62. The van der Waals surface area contributed by atoms with Crippen molar-refractivity contribution < 1.29 is 38.7 Å². The molecule has 33 heavy (non-hydrogen) atoms. The Kier molecular flexibility index (Phi) is 8.97. The highest BCUT2D eigenvalue weighted by atomic mass is 19.4. The van der Waals surface area contributed by atoms with Gasteiger partial charge in [-0.25, -0.2) is 0 Å². The highest BCUT2D eigenvalue weighted by Gasteiger charge is 2.31. The topological polar surface area (TPSA) is 76.1 Å². The van der Waals surface area contributed by atoms with Gasteiger partial charge < -0.3 is 19.5 Å². The lowest BCUT2D eigenvalue weighted by atomic mass is 10.1. The number of aliphatic carboxylic acids is 1. The number of nitrogens with zero attached hydrogens (tertiary/aromatic N) is 1. The lowest BCUT2D eigenvalue weighted by molar-refractivity contribution is -0.274. The van der Waals surface area contributed by atoms with E-state index in [1.54, 1.807) is 38.1 Å². The van der Waals surface area contributed by atoms with Crippen LogP contribution in [0.3, 0.4) is 0 Å². The van der Waals surface area contributed by atoms with E-state index in [0.29, 0.717) is 37.2 Å². The zero-order valence-corrected chi connectivity index (χ0v) is 18.5. The van der Waals surface area contributed by atoms with Gasteiger partial charge in [0.2, 0.25) is 0 Å². The van der Waals surface area contributed by atoms with Crippen LogP contribution in [-0.4, -0.2) is 40.9 Å². The maximum Gasteiger partial charge on any atom is 0.573 e. The van der Waals surface area contributed by atoms with Crippen LogP contribution in [0.4, 0.5) is 13.2 Å². The lowest BCUT2D eigenvalue weighted by Crippen LogP contribution is -2.36. The maximum atomic E-state index is 13.2. The summed E-state index contributed by atoms with van der Waals surface area (Å²) in [5.41, 5.74) is 0.587. The Balaban J connectivity index is 2.13. The average molecular weight is 468 g/mol. The Bertz CT molecular complexity index is 950. The molecular weight excluding hydrogens is 439 g/mol. The average Bonchev–Trinajstić information content (AvgIpc) is 2.75. The molecule has 2 aromatic carbocycles. The van der Waals surface area contributed by atoms with E-state index in [0.717, 1.165) is 12.1 Å². The number of amides is 1. The summed E-state index contributed by atoms with van der Waals surface area (Å²) in [7, 11) is 0. The highest BCUT2D eigenvalue weighted by molar-refractivity contribution is 5.94. The van der Waals surface area contributed by atoms with Gasteiger partial charge in [0.05, 0.1) is 7.98 Å². The van der Waals surface area contributed by atoms with E-state index in [2.05, 4.69) is 4.74 Å². The first-order chi connectivity index (χ1) is 16.0. The number of carbonyl (C=O) groups excluding carboxylic acids is 1. The fraction of sp³-hybridized carbons (Fsp3) is 0.417. The summed E-state index contributed by atoms with van der Waals surface area (Å²) in [5, 5.41) is 8.69. The molecule has 6 nitrogen and oxygen atoms in total. The summed E-state index contributed by atoms with van der Waals surface area (Å²) in [4.78, 5) is 25.1. The van der Waals surface area contributed by atoms with Crippen molar-refractivity contribution in [1.29, 1.82) is 0 Å². The predicted octanol–water partition coefficient (Wildman–Crippen LogP) is 5.66. The van der Waals surface area contributed by atoms with Gasteiger partial charge in [-0.2, -0.15) is 0 Å². The molecule has 0 saturated heterocycles. The van der Waals surface area contributed by atoms with Crippen LogP contribution in [0, 0.1) is 0 Å². The second-order valence-electron chi connectivity index (χ2n) is 7.60. The van der Waals surface area contributed by atoms with E-state index in [4.69, 9.17) is 11.2 Å². The predicted molar refractivity (Wildman–Crippen MR) is 116 cm³/mol. The van der Waals surface area contributed by atoms with Gasteiger partial charge in [-0.15, -0.1) is 13.2 Å². The number of benzene rings is 2. The molecule has 0 fully saturated rings. The molecule has 0 aliphatic carbocycles. The van der Waals surface area contributed by atoms with Crippen molar-refractivity contribution >= 4 is 11.9 Å². The Hall–Kier alpha value is -3.23. The van der Waals surface area contributed by atoms with Crippen molar-refractivity contribution in [1.82, 2.24) is 4.90 Å². The fourth-order valence-corrected chi connectivity index (χ4v) is 3.00. The highest BCUT2D eigenvalue weighted by Crippen LogP contribution is 2.25. The van der Waals surface area contributed by atoms with E-state index in [9.17, 15) is 22.8 Å². The normalized spacial score (nSPS) is 12.7. The summed E-state index contributed by atoms with van der Waals surface area (Å²) in [6.45, 7) is 2.69. The Labute approximate surface area is 192 Å². The maximum absolute atomic E-state index is 13.2. The van der Waals surface area contributed by atoms with Crippen LogP contribution in [0.25, 0.3) is 0 Å². The van der Waals surface area contributed by atoms with Crippen molar-refractivity contribution in [3.8, 4) is 11.5 Å². The standard InChI is InChI=1S/C24H28F3NO5/c1-17(2)28(23(31)18-11-13-20(14-12-18)33-24(25,26)27)16-19-8-5-6-9-21(19)32-15-7-3-4-10-22(29)30/h5-6,8-9,11-14,17H,3-4,7,10,15-16H2,1-2H3,(H,29,30)/i16D. The lowest BCUT2D eigenvalue weighted by Gasteiger charge is -2.28. The molecule has 0 spiro atoms. The van der Waals surface area contributed by atoms with Crippen molar-refractivity contribution in [3.63, 3.8) is 0 Å². The molecule has 0 aliphatic heterocycles. The van der Waals surface area contributed by atoms with Crippen molar-refractivity contribution in [2.45, 2.75) is 58.5 Å². The van der Waals surface area contributed by atoms with Gasteiger partial charge in [0.15, 0.2) is 0 Å². The third kappa shape index (κ3) is 9.03. The van der Waals surface area contributed by atoms with Crippen molar-refractivity contribution in [2.24, 2.45) is 0 Å². The van der Waals surface area contributed by atoms with Crippen molar-refractivity contribution in [3.05, 3.63) is 59.7 Å². The summed E-state index contributed by atoms with van der Waals surface area (Å²) in [6, 6.07) is 11.0. The molecule has 0 aromatic heterocycles. The molecule has 1 N–H and O–H groups in total. The SMILES string of the molecule is [2H]C(c1ccccc1OCCCCCC(=O)O)N(C(=O)c1ccc(OC(F)(F)F)cc1)C(C)C. The number of carboxylic acids is 1. The molecule has 2 aromatic rings. The van der Waals surface area contributed by atoms with E-state index in [1.807, 2.05) is 0 Å². The summed E-state index contributed by atoms with van der Waals surface area (Å²) < 4.78 is 55.6. The zero-order chi connectivity index (χ0) is 25.3. The monoisotopic (exact) mass is 468 g/mol. The van der Waals surface area contributed by atoms with E-state index in [1.165, 1.54) is 17.0 Å². The van der Waals surface area contributed by atoms with E-state index >= 15 is 0 Å². The van der Waals surface area contributed by atoms with Crippen LogP contribution in [0.1, 0.15) is 56.8 Å². The molecule has 2 rings (SSSR count). The van der Waals surface area contributed by atoms with Gasteiger partial charge in [-0.05, 0) is 63.4 Å². The summed E-state index contributed by atoms with van der Waals surface area (Å²) in [6.07, 6.45) is -2.86. The fourth-order valence-electron chi connectivity index (χ4n) is 3.00. The summed E-state index contributed by atoms with van der Waals surface area (Å²) in [5.74, 6) is -1.36. The van der Waals surface area contributed by atoms with E-state index < -0.39 is 30.5 Å². The van der Waals surface area contributed by atoms with Gasteiger partial charge in [0.25, 0.3) is 5.91 Å². The van der Waals surface area contributed by atoms with Gasteiger partial charge >= 0.3 is 12.3 Å². The number of unbranched alkanes of at least 4 members (excludes halogenated alkanes) is 2. The number of halogens is 3. The number of rotatable bonds is 12. The quantitative estimate of drug-likeness (QED) is 0.407. The number of carboxylic acid groups (broad SMARTS) is 1. The smallest absolute Gasteiger partial charge is 0.493 e. The molecule has 0 aliphatic rings. The minimum atomic E-state index is -4.83. The largest absolute Gasteiger partial charge is 0.573 e. The van der Waals surface area contributed by atoms with Crippen LogP contribution in [-0.2, 0) is 11.3 Å². The van der Waals surface area contributed by atoms with Crippen molar-refractivity contribution in [2.75, 3.05) is 6.61 Å². The van der Waals surface area contributed by atoms with Crippen LogP contribution in [0.2, 0.25) is 0 Å². The molecular formula is C24H28F3NO5. The van der Waals surface area contributed by atoms with E-state index in [-0.39, 0.29) is 18.0 Å². The molecule has 0 radical (unpaired) electrons. The molecule has 0 bridgehead atoms. The van der Waals surface area contributed by atoms with Crippen LogP contribution in [0.5, 0.6) is 11.5 Å². The molecule has 1 unspecified atom stereocenters. The second-order valence-corrected chi connectivity index (χ2v) is 7.60. The number of hydrogen-bond acceptors (Lipinski definition) is 4. The Morgan fingerprint density at radius 3 is 2.33 bits per heavy atom. The third-order valence-corrected chi connectivity index (χ3v) is 4.62. The molecule has 1 amide bonds. The molecule has 0 heterocycles. The first-order valence-electron chi connectivity index (χ1n) is 11.1. The minimum Gasteiger partial charge on any atom is -0.493 e. The van der Waals surface area contributed by atoms with Gasteiger partial charge in [0.1, 0.15) is 11.5 Å². The number of hydrogen-bond donors (Lipinski definition) is 1. The van der Waals surface area contributed by atoms with Crippen LogP contribution < -0.4 is 9.47 Å². The van der Waals surface area contributed by atoms with Gasteiger partial charge in [-0.1, -0.05) is 18.2 Å². The van der Waals surface area contributed by atoms with Gasteiger partial charge in [-0.3, -0.25) is 9.59 Å². The minimum absolute atomic E-state index is 0.0974. The molecule has 0 saturated carbocycles. The first kappa shape index (κ1) is 24.4. The summed E-state index contributed by atoms with van der Waals surface area (Å²) >= 11 is 0. The number of alkyl halides is 3. The molecule has 180 valence electrons. The number of ether oxygens (including phenoxy) is 2.